The highest BCUT2D eigenvalue weighted by Crippen LogP contribution is 2.25. The maximum absolute atomic E-state index is 13.3. The van der Waals surface area contributed by atoms with Gasteiger partial charge in [0.2, 0.25) is 5.89 Å². The lowest BCUT2D eigenvalue weighted by Crippen LogP contribution is -2.34. The molecule has 334 valence electrons. The van der Waals surface area contributed by atoms with Crippen molar-refractivity contribution in [2.45, 2.75) is 63.3 Å². The highest BCUT2D eigenvalue weighted by Gasteiger charge is 2.22. The number of sulfone groups is 1. The number of hydrogen-bond acceptors (Lipinski definition) is 14. The number of amides is 2. The lowest BCUT2D eigenvalue weighted by atomic mass is 10.1. The van der Waals surface area contributed by atoms with Crippen LogP contribution < -0.4 is 10.6 Å². The number of oxazole rings is 1. The molecule has 17 heteroatoms. The zero-order valence-corrected chi connectivity index (χ0v) is 36.5. The van der Waals surface area contributed by atoms with Crippen LogP contribution in [0, 0.1) is 6.92 Å². The van der Waals surface area contributed by atoms with E-state index in [4.69, 9.17) is 37.6 Å². The summed E-state index contributed by atoms with van der Waals surface area (Å²) in [5.41, 5.74) is 2.81. The summed E-state index contributed by atoms with van der Waals surface area (Å²) < 4.78 is 70.6. The van der Waals surface area contributed by atoms with Gasteiger partial charge < -0.3 is 48.2 Å². The lowest BCUT2D eigenvalue weighted by Gasteiger charge is -2.19. The molecule has 2 heterocycles. The molecule has 0 aliphatic carbocycles. The number of hydrogen-bond donors (Lipinski definition) is 2. The van der Waals surface area contributed by atoms with Gasteiger partial charge in [0, 0.05) is 43.2 Å². The minimum absolute atomic E-state index is 0.208. The standard InChI is InChI=1S/C44H60N4O12S/c1-34-40(48-42(59-34)38-13-11-37(12-14-38)41(49)47-32-36-7-5-17-45-31-36)33-61(51,52)39-15-9-35(10-16-39)8-6-19-53-21-23-55-25-27-57-29-30-58-28-26-56-24-22-54-20-18-46-43(50)60-44(2,3)4/h5,7,9-17,31H,6,8,18-30,32-33H2,1-4H3,(H,46,50)(H,47,49). The zero-order valence-electron chi connectivity index (χ0n) is 35.7. The molecule has 16 nitrogen and oxygen atoms in total. The zero-order chi connectivity index (χ0) is 43.8. The van der Waals surface area contributed by atoms with Crippen LogP contribution in [-0.2, 0) is 61.7 Å². The SMILES string of the molecule is Cc1oc(-c2ccc(C(=O)NCc3cccnc3)cc2)nc1CS(=O)(=O)c1ccc(CCCOCCOCCOCCOCCOCCOCCNC(=O)OC(C)(C)C)cc1. The average molecular weight is 869 g/mol. The molecule has 0 fully saturated rings. The van der Waals surface area contributed by atoms with Crippen LogP contribution in [0.2, 0.25) is 0 Å². The smallest absolute Gasteiger partial charge is 0.407 e. The van der Waals surface area contributed by atoms with Crippen LogP contribution >= 0.6 is 0 Å². The van der Waals surface area contributed by atoms with Crippen molar-refractivity contribution in [3.63, 3.8) is 0 Å². The molecule has 0 saturated heterocycles. The Hall–Kier alpha value is -4.75. The molecule has 4 rings (SSSR count). The van der Waals surface area contributed by atoms with Gasteiger partial charge in [0.25, 0.3) is 5.91 Å². The van der Waals surface area contributed by atoms with E-state index in [2.05, 4.69) is 20.6 Å². The van der Waals surface area contributed by atoms with Crippen molar-refractivity contribution in [3.05, 3.63) is 101 Å². The van der Waals surface area contributed by atoms with Crippen molar-refractivity contribution in [1.82, 2.24) is 20.6 Å². The summed E-state index contributed by atoms with van der Waals surface area (Å²) in [6, 6.07) is 17.4. The van der Waals surface area contributed by atoms with E-state index >= 15 is 0 Å². The first-order chi connectivity index (χ1) is 29.4. The fraction of sp³-hybridized carbons (Fsp3) is 0.500. The quantitative estimate of drug-likeness (QED) is 0.0649. The van der Waals surface area contributed by atoms with E-state index in [0.717, 1.165) is 24.0 Å². The number of aromatic nitrogens is 2. The molecule has 0 saturated carbocycles. The predicted octanol–water partition coefficient (Wildman–Crippen LogP) is 5.51. The number of ether oxygens (including phenoxy) is 7. The van der Waals surface area contributed by atoms with Crippen molar-refractivity contribution in [2.75, 3.05) is 85.8 Å². The normalized spacial score (nSPS) is 11.7. The molecule has 0 aliphatic rings. The average Bonchev–Trinajstić information content (AvgIpc) is 3.60. The topological polar surface area (TPSA) is 196 Å². The Bertz CT molecular complexity index is 1970. The summed E-state index contributed by atoms with van der Waals surface area (Å²) in [7, 11) is -3.68. The van der Waals surface area contributed by atoms with E-state index < -0.39 is 21.5 Å². The van der Waals surface area contributed by atoms with Gasteiger partial charge in [-0.3, -0.25) is 9.78 Å². The van der Waals surface area contributed by atoms with Crippen molar-refractivity contribution in [2.24, 2.45) is 0 Å². The maximum Gasteiger partial charge on any atom is 0.407 e. The number of nitrogens with zero attached hydrogens (tertiary/aromatic N) is 2. The van der Waals surface area contributed by atoms with E-state index in [9.17, 15) is 18.0 Å². The van der Waals surface area contributed by atoms with Crippen molar-refractivity contribution < 1.29 is 55.6 Å². The van der Waals surface area contributed by atoms with Crippen molar-refractivity contribution in [1.29, 1.82) is 0 Å². The largest absolute Gasteiger partial charge is 0.444 e. The Kier molecular flexibility index (Phi) is 21.3. The summed E-state index contributed by atoms with van der Waals surface area (Å²) in [6.45, 7) is 13.3. The van der Waals surface area contributed by atoms with Crippen LogP contribution in [0.15, 0.2) is 82.4 Å². The van der Waals surface area contributed by atoms with Crippen LogP contribution in [0.4, 0.5) is 4.79 Å². The maximum atomic E-state index is 13.3. The van der Waals surface area contributed by atoms with Gasteiger partial charge in [-0.15, -0.1) is 0 Å². The molecule has 0 bridgehead atoms. The Labute approximate surface area is 358 Å². The number of carbonyl (C=O) groups is 2. The number of pyridine rings is 1. The molecule has 0 atom stereocenters. The molecule has 2 aromatic heterocycles. The summed E-state index contributed by atoms with van der Waals surface area (Å²) in [5, 5.41) is 5.49. The highest BCUT2D eigenvalue weighted by molar-refractivity contribution is 7.90. The fourth-order valence-corrected chi connectivity index (χ4v) is 6.83. The number of alkyl carbamates (subject to hydrolysis) is 1. The predicted molar refractivity (Wildman–Crippen MR) is 227 cm³/mol. The molecule has 2 amide bonds. The molecule has 0 radical (unpaired) electrons. The van der Waals surface area contributed by atoms with E-state index in [1.54, 1.807) is 55.7 Å². The van der Waals surface area contributed by atoms with Crippen LogP contribution in [0.3, 0.4) is 0 Å². The van der Waals surface area contributed by atoms with Crippen molar-refractivity contribution in [3.8, 4) is 11.5 Å². The molecular formula is C44H60N4O12S. The third-order valence-corrected chi connectivity index (χ3v) is 10.2. The van der Waals surface area contributed by atoms with E-state index in [1.807, 2.05) is 45.0 Å². The first-order valence-corrected chi connectivity index (χ1v) is 22.0. The summed E-state index contributed by atoms with van der Waals surface area (Å²) >= 11 is 0. The monoisotopic (exact) mass is 868 g/mol. The summed E-state index contributed by atoms with van der Waals surface area (Å²) in [5.74, 6) is 0.164. The van der Waals surface area contributed by atoms with Gasteiger partial charge >= 0.3 is 6.09 Å². The van der Waals surface area contributed by atoms with Crippen LogP contribution in [0.5, 0.6) is 0 Å². The Morgan fingerprint density at radius 2 is 1.28 bits per heavy atom. The number of nitrogens with one attached hydrogen (secondary N) is 2. The van der Waals surface area contributed by atoms with Crippen molar-refractivity contribution >= 4 is 21.8 Å². The van der Waals surface area contributed by atoms with Gasteiger partial charge in [0.15, 0.2) is 9.84 Å². The molecule has 0 unspecified atom stereocenters. The summed E-state index contributed by atoms with van der Waals surface area (Å²) in [4.78, 5) is 32.9. The van der Waals surface area contributed by atoms with Crippen LogP contribution in [0.25, 0.3) is 11.5 Å². The minimum Gasteiger partial charge on any atom is -0.444 e. The fourth-order valence-electron chi connectivity index (χ4n) is 5.48. The van der Waals surface area contributed by atoms with E-state index in [-0.39, 0.29) is 22.4 Å². The molecule has 61 heavy (non-hydrogen) atoms. The van der Waals surface area contributed by atoms with Gasteiger partial charge in [-0.1, -0.05) is 18.2 Å². The molecule has 2 N–H and O–H groups in total. The molecular weight excluding hydrogens is 809 g/mol. The Balaban J connectivity index is 0.978. The van der Waals surface area contributed by atoms with Crippen LogP contribution in [-0.4, -0.2) is 122 Å². The molecule has 0 spiro atoms. The third-order valence-electron chi connectivity index (χ3n) is 8.60. The first kappa shape index (κ1) is 48.9. The second-order valence-electron chi connectivity index (χ2n) is 14.8. The van der Waals surface area contributed by atoms with E-state index in [1.165, 1.54) is 0 Å². The number of aryl methyl sites for hydroxylation is 2. The molecule has 0 aliphatic heterocycles. The Morgan fingerprint density at radius 1 is 0.705 bits per heavy atom. The number of carbonyl (C=O) groups excluding carboxylic acids is 2. The lowest BCUT2D eigenvalue weighted by molar-refractivity contribution is -0.0167. The minimum atomic E-state index is -3.68. The van der Waals surface area contributed by atoms with E-state index in [0.29, 0.717) is 115 Å². The molecule has 2 aromatic carbocycles. The number of rotatable bonds is 29. The van der Waals surface area contributed by atoms with Gasteiger partial charge in [-0.25, -0.2) is 18.2 Å². The third kappa shape index (κ3) is 19.7. The van der Waals surface area contributed by atoms with Gasteiger partial charge in [0.05, 0.1) is 83.3 Å². The highest BCUT2D eigenvalue weighted by atomic mass is 32.2. The molecule has 4 aromatic rings. The number of benzene rings is 2. The second-order valence-corrected chi connectivity index (χ2v) is 16.7. The first-order valence-electron chi connectivity index (χ1n) is 20.4. The summed E-state index contributed by atoms with van der Waals surface area (Å²) in [6.07, 6.45) is 4.42. The Morgan fingerprint density at radius 3 is 1.84 bits per heavy atom. The van der Waals surface area contributed by atoms with Gasteiger partial charge in [0.1, 0.15) is 17.1 Å². The van der Waals surface area contributed by atoms with Gasteiger partial charge in [-0.2, -0.15) is 0 Å². The van der Waals surface area contributed by atoms with Crippen LogP contribution in [0.1, 0.15) is 60.1 Å². The van der Waals surface area contributed by atoms with Gasteiger partial charge in [-0.05, 0) is 94.1 Å². The second kappa shape index (κ2) is 26.6.